The third-order valence-electron chi connectivity index (χ3n) is 4.55. The number of nitrogens with one attached hydrogen (secondary N) is 2. The summed E-state index contributed by atoms with van der Waals surface area (Å²) in [4.78, 5) is 18.7. The zero-order valence-corrected chi connectivity index (χ0v) is 15.0. The number of nitrogens with zero attached hydrogens (tertiary/aromatic N) is 2. The van der Waals surface area contributed by atoms with Crippen LogP contribution in [0.2, 0.25) is 0 Å². The predicted octanol–water partition coefficient (Wildman–Crippen LogP) is 3.17. The Morgan fingerprint density at radius 3 is 3.04 bits per heavy atom. The molecule has 6 heteroatoms. The first kappa shape index (κ1) is 16.8. The molecule has 2 atom stereocenters. The smallest absolute Gasteiger partial charge is 0.314 e. The SMILES string of the molecule is C[C@H](CNC(=O)NC[C@@H]1CCN(C)c2ccccc21)c1nccs1. The Labute approximate surface area is 147 Å². The molecule has 0 radical (unpaired) electrons. The summed E-state index contributed by atoms with van der Waals surface area (Å²) in [6, 6.07) is 8.35. The molecule has 3 rings (SSSR count). The Hall–Kier alpha value is -2.08. The number of rotatable bonds is 5. The second kappa shape index (κ2) is 7.66. The molecule has 1 aliphatic rings. The van der Waals surface area contributed by atoms with Gasteiger partial charge in [-0.15, -0.1) is 11.3 Å². The van der Waals surface area contributed by atoms with Crippen LogP contribution >= 0.6 is 11.3 Å². The fourth-order valence-corrected chi connectivity index (χ4v) is 3.81. The Morgan fingerprint density at radius 1 is 1.42 bits per heavy atom. The molecule has 5 nitrogen and oxygen atoms in total. The van der Waals surface area contributed by atoms with E-state index in [0.717, 1.165) is 18.0 Å². The molecule has 24 heavy (non-hydrogen) atoms. The number of urea groups is 1. The minimum Gasteiger partial charge on any atom is -0.374 e. The van der Waals surface area contributed by atoms with Crippen molar-refractivity contribution in [3.63, 3.8) is 0 Å². The van der Waals surface area contributed by atoms with Crippen molar-refractivity contribution in [3.05, 3.63) is 46.4 Å². The summed E-state index contributed by atoms with van der Waals surface area (Å²) in [5, 5.41) is 8.99. The fraction of sp³-hybridized carbons (Fsp3) is 0.444. The van der Waals surface area contributed by atoms with E-state index in [9.17, 15) is 4.79 Å². The average Bonchev–Trinajstić information content (AvgIpc) is 3.14. The molecule has 0 aliphatic carbocycles. The molecule has 1 aromatic carbocycles. The maximum absolute atomic E-state index is 12.1. The lowest BCUT2D eigenvalue weighted by molar-refractivity contribution is 0.239. The Kier molecular flexibility index (Phi) is 5.35. The number of fused-ring (bicyclic) bond motifs is 1. The molecule has 0 spiro atoms. The summed E-state index contributed by atoms with van der Waals surface area (Å²) in [7, 11) is 2.12. The summed E-state index contributed by atoms with van der Waals surface area (Å²) < 4.78 is 0. The van der Waals surface area contributed by atoms with Crippen molar-refractivity contribution in [1.82, 2.24) is 15.6 Å². The second-order valence-corrected chi connectivity index (χ2v) is 7.25. The lowest BCUT2D eigenvalue weighted by Crippen LogP contribution is -2.40. The van der Waals surface area contributed by atoms with Crippen LogP contribution in [0.4, 0.5) is 10.5 Å². The number of aromatic nitrogens is 1. The Morgan fingerprint density at radius 2 is 2.25 bits per heavy atom. The molecule has 0 unspecified atom stereocenters. The zero-order chi connectivity index (χ0) is 16.9. The molecule has 0 saturated carbocycles. The summed E-state index contributed by atoms with van der Waals surface area (Å²) in [6.07, 6.45) is 2.86. The second-order valence-electron chi connectivity index (χ2n) is 6.33. The third kappa shape index (κ3) is 3.87. The van der Waals surface area contributed by atoms with E-state index in [1.54, 1.807) is 17.5 Å². The van der Waals surface area contributed by atoms with Crippen LogP contribution in [0.25, 0.3) is 0 Å². The molecule has 128 valence electrons. The first-order chi connectivity index (χ1) is 11.6. The van der Waals surface area contributed by atoms with Crippen LogP contribution in [-0.4, -0.2) is 37.7 Å². The average molecular weight is 344 g/mol. The van der Waals surface area contributed by atoms with E-state index >= 15 is 0 Å². The molecule has 2 heterocycles. The van der Waals surface area contributed by atoms with Crippen LogP contribution in [0.1, 0.15) is 35.8 Å². The maximum Gasteiger partial charge on any atom is 0.314 e. The quantitative estimate of drug-likeness (QED) is 0.876. The number of hydrogen-bond donors (Lipinski definition) is 2. The van der Waals surface area contributed by atoms with Gasteiger partial charge in [-0.2, -0.15) is 0 Å². The van der Waals surface area contributed by atoms with Gasteiger partial charge in [-0.1, -0.05) is 25.1 Å². The van der Waals surface area contributed by atoms with Gasteiger partial charge >= 0.3 is 6.03 Å². The van der Waals surface area contributed by atoms with E-state index in [4.69, 9.17) is 0 Å². The highest BCUT2D eigenvalue weighted by molar-refractivity contribution is 7.09. The van der Waals surface area contributed by atoms with E-state index in [1.807, 2.05) is 5.38 Å². The van der Waals surface area contributed by atoms with Crippen molar-refractivity contribution in [2.75, 3.05) is 31.6 Å². The van der Waals surface area contributed by atoms with Crippen LogP contribution in [0, 0.1) is 0 Å². The molecular weight excluding hydrogens is 320 g/mol. The van der Waals surface area contributed by atoms with Gasteiger partial charge in [0.2, 0.25) is 0 Å². The standard InChI is InChI=1S/C18H24N4OS/c1-13(17-19-8-10-24-17)11-20-18(23)21-12-14-7-9-22(2)16-6-4-3-5-15(14)16/h3-6,8,10,13-14H,7,9,11-12H2,1-2H3,(H2,20,21,23)/t13-,14+/m1/s1. The number of para-hydroxylation sites is 1. The molecule has 1 aliphatic heterocycles. The van der Waals surface area contributed by atoms with Gasteiger partial charge in [-0.3, -0.25) is 0 Å². The first-order valence-electron chi connectivity index (χ1n) is 8.36. The van der Waals surface area contributed by atoms with Crippen molar-refractivity contribution < 1.29 is 4.79 Å². The molecule has 1 aromatic heterocycles. The minimum atomic E-state index is -0.102. The molecule has 2 amide bonds. The van der Waals surface area contributed by atoms with E-state index in [-0.39, 0.29) is 11.9 Å². The highest BCUT2D eigenvalue weighted by Crippen LogP contribution is 2.33. The van der Waals surface area contributed by atoms with Crippen LogP contribution in [0.3, 0.4) is 0 Å². The lowest BCUT2D eigenvalue weighted by atomic mass is 9.90. The summed E-state index contributed by atoms with van der Waals surface area (Å²) in [5.74, 6) is 0.611. The summed E-state index contributed by atoms with van der Waals surface area (Å²) >= 11 is 1.62. The van der Waals surface area contributed by atoms with E-state index in [0.29, 0.717) is 19.0 Å². The minimum absolute atomic E-state index is 0.102. The summed E-state index contributed by atoms with van der Waals surface area (Å²) in [5.41, 5.74) is 2.59. The van der Waals surface area contributed by atoms with Crippen molar-refractivity contribution in [2.24, 2.45) is 0 Å². The van der Waals surface area contributed by atoms with E-state index in [1.165, 1.54) is 11.3 Å². The number of carbonyl (C=O) groups is 1. The van der Waals surface area contributed by atoms with Gasteiger partial charge in [-0.05, 0) is 18.1 Å². The molecule has 2 N–H and O–H groups in total. The molecule has 2 aromatic rings. The fourth-order valence-electron chi connectivity index (χ4n) is 3.11. The van der Waals surface area contributed by atoms with Gasteiger partial charge < -0.3 is 15.5 Å². The van der Waals surface area contributed by atoms with Crippen molar-refractivity contribution in [3.8, 4) is 0 Å². The molecule has 0 bridgehead atoms. The third-order valence-corrected chi connectivity index (χ3v) is 5.56. The van der Waals surface area contributed by atoms with Crippen LogP contribution in [0.5, 0.6) is 0 Å². The van der Waals surface area contributed by atoms with E-state index in [2.05, 4.69) is 58.8 Å². The topological polar surface area (TPSA) is 57.3 Å². The highest BCUT2D eigenvalue weighted by atomic mass is 32.1. The normalized spacial score (nSPS) is 17.9. The number of thiazole rings is 1. The van der Waals surface area contributed by atoms with Crippen LogP contribution in [-0.2, 0) is 0 Å². The Balaban J connectivity index is 1.49. The lowest BCUT2D eigenvalue weighted by Gasteiger charge is -2.33. The van der Waals surface area contributed by atoms with Gasteiger partial charge in [-0.25, -0.2) is 9.78 Å². The van der Waals surface area contributed by atoms with E-state index < -0.39 is 0 Å². The number of amides is 2. The largest absolute Gasteiger partial charge is 0.374 e. The molecule has 0 fully saturated rings. The Bertz CT molecular complexity index is 673. The summed E-state index contributed by atoms with van der Waals surface area (Å²) in [6.45, 7) is 4.37. The van der Waals surface area contributed by atoms with Crippen molar-refractivity contribution in [1.29, 1.82) is 0 Å². The molecule has 0 saturated heterocycles. The molecular formula is C18H24N4OS. The maximum atomic E-state index is 12.1. The van der Waals surface area contributed by atoms with Gasteiger partial charge in [0.05, 0.1) is 5.01 Å². The monoisotopic (exact) mass is 344 g/mol. The number of anilines is 1. The van der Waals surface area contributed by atoms with Gasteiger partial charge in [0, 0.05) is 55.8 Å². The van der Waals surface area contributed by atoms with Gasteiger partial charge in [0.15, 0.2) is 0 Å². The zero-order valence-electron chi connectivity index (χ0n) is 14.2. The van der Waals surface area contributed by atoms with Gasteiger partial charge in [0.25, 0.3) is 0 Å². The highest BCUT2D eigenvalue weighted by Gasteiger charge is 2.23. The number of benzene rings is 1. The van der Waals surface area contributed by atoms with Crippen molar-refractivity contribution >= 4 is 23.1 Å². The van der Waals surface area contributed by atoms with Crippen molar-refractivity contribution in [2.45, 2.75) is 25.2 Å². The number of carbonyl (C=O) groups excluding carboxylic acids is 1. The van der Waals surface area contributed by atoms with Crippen LogP contribution in [0.15, 0.2) is 35.8 Å². The van der Waals surface area contributed by atoms with Gasteiger partial charge in [0.1, 0.15) is 0 Å². The predicted molar refractivity (Wildman–Crippen MR) is 99.0 cm³/mol. The van der Waals surface area contributed by atoms with Crippen LogP contribution < -0.4 is 15.5 Å². The first-order valence-corrected chi connectivity index (χ1v) is 9.24. The number of hydrogen-bond acceptors (Lipinski definition) is 4.